The molecular weight excluding hydrogens is 132 g/mol. The molecule has 58 valence electrons. The summed E-state index contributed by atoms with van der Waals surface area (Å²) in [5.74, 6) is -0.394. The normalized spacial score (nSPS) is 13.7. The van der Waals surface area contributed by atoms with Crippen molar-refractivity contribution >= 4 is 5.97 Å². The van der Waals surface area contributed by atoms with Crippen molar-refractivity contribution in [1.29, 1.82) is 0 Å². The quantitative estimate of drug-likeness (QED) is 0.402. The van der Waals surface area contributed by atoms with Crippen molar-refractivity contribution in [3.8, 4) is 0 Å². The van der Waals surface area contributed by atoms with Gasteiger partial charge in [-0.05, 0) is 6.42 Å². The van der Waals surface area contributed by atoms with Crippen LogP contribution in [-0.4, -0.2) is 26.3 Å². The molecule has 0 aromatic heterocycles. The highest BCUT2D eigenvalue weighted by Crippen LogP contribution is 1.93. The molecule has 1 heterocycles. The van der Waals surface area contributed by atoms with Gasteiger partial charge in [0, 0.05) is 19.3 Å². The Balaban J connectivity index is 0.000000172. The van der Waals surface area contributed by atoms with Crippen LogP contribution >= 0.6 is 0 Å². The molecule has 1 aliphatic heterocycles. The Kier molecular flexibility index (Phi) is 5.77. The third kappa shape index (κ3) is 5.31. The average Bonchev–Trinajstić information content (AvgIpc) is 1.83. The van der Waals surface area contributed by atoms with Gasteiger partial charge < -0.3 is 9.47 Å². The lowest BCUT2D eigenvalue weighted by Gasteiger charge is -2.09. The lowest BCUT2D eigenvalue weighted by molar-refractivity contribution is -0.134. The van der Waals surface area contributed by atoms with Crippen molar-refractivity contribution in [1.82, 2.24) is 0 Å². The summed E-state index contributed by atoms with van der Waals surface area (Å²) in [6.07, 6.45) is 2.39. The number of methoxy groups -OCH3 is 1. The Morgan fingerprint density at radius 1 is 1.70 bits per heavy atom. The van der Waals surface area contributed by atoms with E-state index >= 15 is 0 Å². The van der Waals surface area contributed by atoms with Gasteiger partial charge in [0.25, 0.3) is 0 Å². The molecule has 0 spiro atoms. The molecule has 0 radical (unpaired) electrons. The number of hydrogen-bond donors (Lipinski definition) is 0. The summed E-state index contributed by atoms with van der Waals surface area (Å²) in [5, 5.41) is 0. The maximum atomic E-state index is 9.84. The van der Waals surface area contributed by atoms with Crippen LogP contribution in [0.5, 0.6) is 0 Å². The minimum atomic E-state index is -0.394. The van der Waals surface area contributed by atoms with E-state index in [0.29, 0.717) is 0 Å². The average molecular weight is 144 g/mol. The summed E-state index contributed by atoms with van der Waals surface area (Å²) >= 11 is 0. The molecule has 3 nitrogen and oxygen atoms in total. The summed E-state index contributed by atoms with van der Waals surface area (Å²) in [5.41, 5.74) is 0. The van der Waals surface area contributed by atoms with Crippen LogP contribution in [0.1, 0.15) is 6.42 Å². The summed E-state index contributed by atoms with van der Waals surface area (Å²) < 4.78 is 8.86. The van der Waals surface area contributed by atoms with Gasteiger partial charge in [-0.15, -0.1) is 0 Å². The Bertz CT molecular complexity index is 101. The van der Waals surface area contributed by atoms with Gasteiger partial charge in [-0.2, -0.15) is 0 Å². The third-order valence-electron chi connectivity index (χ3n) is 0.945. The van der Waals surface area contributed by atoms with Gasteiger partial charge in [-0.3, -0.25) is 0 Å². The highest BCUT2D eigenvalue weighted by Gasteiger charge is 1.94. The number of ether oxygens (including phenoxy) is 2. The lowest BCUT2D eigenvalue weighted by Crippen LogP contribution is -2.09. The van der Waals surface area contributed by atoms with Crippen LogP contribution in [0, 0.1) is 0 Å². The molecule has 1 fully saturated rings. The number of hydrogen-bond acceptors (Lipinski definition) is 3. The summed E-state index contributed by atoms with van der Waals surface area (Å²) in [6, 6.07) is 0. The minimum Gasteiger partial charge on any atom is -0.466 e. The third-order valence-corrected chi connectivity index (χ3v) is 0.945. The van der Waals surface area contributed by atoms with Gasteiger partial charge >= 0.3 is 5.97 Å². The molecule has 10 heavy (non-hydrogen) atoms. The van der Waals surface area contributed by atoms with Gasteiger partial charge in [0.2, 0.25) is 0 Å². The highest BCUT2D eigenvalue weighted by molar-refractivity contribution is 5.80. The largest absolute Gasteiger partial charge is 0.466 e. The van der Waals surface area contributed by atoms with Crippen LogP contribution in [0.15, 0.2) is 12.7 Å². The first kappa shape index (κ1) is 9.17. The van der Waals surface area contributed by atoms with Gasteiger partial charge in [-0.1, -0.05) is 6.58 Å². The summed E-state index contributed by atoms with van der Waals surface area (Å²) in [7, 11) is 1.31. The molecule has 1 saturated heterocycles. The second kappa shape index (κ2) is 6.29. The molecule has 0 aromatic carbocycles. The molecular formula is C7H12O3. The van der Waals surface area contributed by atoms with E-state index in [-0.39, 0.29) is 0 Å². The standard InChI is InChI=1S/C4H6O2.C3H6O/c1-3-4(5)6-2;1-2-4-3-1/h3H,1H2,2H3;1-3H2. The first-order chi connectivity index (χ1) is 4.81. The predicted molar refractivity (Wildman–Crippen MR) is 37.6 cm³/mol. The molecule has 0 bridgehead atoms. The second-order valence-corrected chi connectivity index (χ2v) is 1.69. The van der Waals surface area contributed by atoms with Crippen molar-refractivity contribution in [3.63, 3.8) is 0 Å². The van der Waals surface area contributed by atoms with E-state index in [1.807, 2.05) is 0 Å². The number of carbonyl (C=O) groups is 1. The maximum Gasteiger partial charge on any atom is 0.329 e. The van der Waals surface area contributed by atoms with E-state index in [1.165, 1.54) is 13.5 Å². The zero-order valence-electron chi connectivity index (χ0n) is 6.13. The fourth-order valence-electron chi connectivity index (χ4n) is 0.228. The molecule has 0 aromatic rings. The molecule has 0 amide bonds. The number of rotatable bonds is 1. The number of esters is 1. The van der Waals surface area contributed by atoms with Gasteiger partial charge in [0.15, 0.2) is 0 Å². The molecule has 1 aliphatic rings. The van der Waals surface area contributed by atoms with E-state index < -0.39 is 5.97 Å². The lowest BCUT2D eigenvalue weighted by atomic mass is 10.4. The first-order valence-corrected chi connectivity index (χ1v) is 3.09. The van der Waals surface area contributed by atoms with Crippen LogP contribution in [-0.2, 0) is 14.3 Å². The topological polar surface area (TPSA) is 35.5 Å². The number of carbonyl (C=O) groups excluding carboxylic acids is 1. The van der Waals surface area contributed by atoms with Crippen LogP contribution in [0.2, 0.25) is 0 Å². The fraction of sp³-hybridized carbons (Fsp3) is 0.571. The first-order valence-electron chi connectivity index (χ1n) is 3.09. The van der Waals surface area contributed by atoms with E-state index in [2.05, 4.69) is 11.3 Å². The SMILES string of the molecule is C1COC1.C=CC(=O)OC. The van der Waals surface area contributed by atoms with Gasteiger partial charge in [0.1, 0.15) is 0 Å². The fourth-order valence-corrected chi connectivity index (χ4v) is 0.228. The van der Waals surface area contributed by atoms with Gasteiger partial charge in [0.05, 0.1) is 7.11 Å². The molecule has 0 atom stereocenters. The zero-order valence-corrected chi connectivity index (χ0v) is 6.13. The van der Waals surface area contributed by atoms with Crippen LogP contribution < -0.4 is 0 Å². The summed E-state index contributed by atoms with van der Waals surface area (Å²) in [4.78, 5) is 9.84. The molecule has 1 rings (SSSR count). The van der Waals surface area contributed by atoms with Crippen molar-refractivity contribution in [3.05, 3.63) is 12.7 Å². The Hall–Kier alpha value is -0.830. The molecule has 0 saturated carbocycles. The van der Waals surface area contributed by atoms with Crippen LogP contribution in [0.3, 0.4) is 0 Å². The minimum absolute atomic E-state index is 0.394. The Morgan fingerprint density at radius 3 is 2.10 bits per heavy atom. The van der Waals surface area contributed by atoms with Crippen LogP contribution in [0.4, 0.5) is 0 Å². The van der Waals surface area contributed by atoms with E-state index in [1.54, 1.807) is 0 Å². The van der Waals surface area contributed by atoms with Crippen molar-refractivity contribution in [2.24, 2.45) is 0 Å². The van der Waals surface area contributed by atoms with Gasteiger partial charge in [-0.25, -0.2) is 4.79 Å². The van der Waals surface area contributed by atoms with E-state index in [0.717, 1.165) is 19.3 Å². The Morgan fingerprint density at radius 2 is 2.10 bits per heavy atom. The predicted octanol–water partition coefficient (Wildman–Crippen LogP) is 0.752. The molecule has 0 N–H and O–H groups in total. The maximum absolute atomic E-state index is 9.84. The van der Waals surface area contributed by atoms with E-state index in [9.17, 15) is 4.79 Å². The highest BCUT2D eigenvalue weighted by atomic mass is 16.5. The molecule has 0 unspecified atom stereocenters. The van der Waals surface area contributed by atoms with Crippen LogP contribution in [0.25, 0.3) is 0 Å². The molecule has 3 heteroatoms. The smallest absolute Gasteiger partial charge is 0.329 e. The van der Waals surface area contributed by atoms with Crippen molar-refractivity contribution in [2.75, 3.05) is 20.3 Å². The summed E-state index contributed by atoms with van der Waals surface area (Å²) in [6.45, 7) is 5.16. The zero-order chi connectivity index (χ0) is 7.82. The second-order valence-electron chi connectivity index (χ2n) is 1.69. The van der Waals surface area contributed by atoms with Crippen molar-refractivity contribution < 1.29 is 14.3 Å². The molecule has 0 aliphatic carbocycles. The monoisotopic (exact) mass is 144 g/mol. The van der Waals surface area contributed by atoms with Crippen molar-refractivity contribution in [2.45, 2.75) is 6.42 Å². The Labute approximate surface area is 60.6 Å². The van der Waals surface area contributed by atoms with E-state index in [4.69, 9.17) is 4.74 Å².